The van der Waals surface area contributed by atoms with Gasteiger partial charge in [-0.25, -0.2) is 8.78 Å². The Hall–Kier alpha value is -2.88. The summed E-state index contributed by atoms with van der Waals surface area (Å²) in [5.74, 6) is -2.08. The lowest BCUT2D eigenvalue weighted by atomic mass is 9.94. The van der Waals surface area contributed by atoms with Crippen molar-refractivity contribution in [2.75, 3.05) is 26.2 Å². The molecule has 0 bridgehead atoms. The van der Waals surface area contributed by atoms with Crippen molar-refractivity contribution in [2.24, 2.45) is 0 Å². The lowest BCUT2D eigenvalue weighted by Gasteiger charge is -2.29. The molecular formula is C31H43F2N3O4. The number of nitrogens with zero attached hydrogens (tertiary/aromatic N) is 1. The van der Waals surface area contributed by atoms with Crippen molar-refractivity contribution in [3.8, 4) is 0 Å². The number of carbonyl (C=O) groups is 2. The quantitative estimate of drug-likeness (QED) is 0.319. The molecule has 3 N–H and O–H groups in total. The van der Waals surface area contributed by atoms with E-state index in [-0.39, 0.29) is 30.0 Å². The van der Waals surface area contributed by atoms with Crippen molar-refractivity contribution in [2.45, 2.75) is 84.1 Å². The van der Waals surface area contributed by atoms with Crippen LogP contribution in [0, 0.1) is 18.6 Å². The summed E-state index contributed by atoms with van der Waals surface area (Å²) in [6.45, 7) is 10.3. The number of hydrogen-bond donors (Lipinski definition) is 3. The van der Waals surface area contributed by atoms with E-state index < -0.39 is 29.7 Å². The fraction of sp³-hybridized carbons (Fsp3) is 0.548. The van der Waals surface area contributed by atoms with Crippen LogP contribution in [0.1, 0.15) is 78.3 Å². The molecule has 3 rings (SSSR count). The standard InChI is InChI=1S/C31H43F2N3O4/c1-5-8-36(9-6-2)31(39)23-12-20(4)11-22(16-23)30(38)35-28(15-21-13-24(32)17-25(33)14-21)29(37)27-18-26(19-34-27)40-10-7-3/h11-14,16-17,26-29,34,37H,5-10,15,18-19H2,1-4H3,(H,35,38)/t26-,27-,28+,29-/m1/s1. The van der Waals surface area contributed by atoms with Crippen molar-refractivity contribution in [1.29, 1.82) is 0 Å². The second-order valence-corrected chi connectivity index (χ2v) is 10.7. The number of rotatable bonds is 14. The Morgan fingerprint density at radius 1 is 1.02 bits per heavy atom. The summed E-state index contributed by atoms with van der Waals surface area (Å²) in [7, 11) is 0. The predicted molar refractivity (Wildman–Crippen MR) is 151 cm³/mol. The van der Waals surface area contributed by atoms with Crippen molar-refractivity contribution in [1.82, 2.24) is 15.5 Å². The number of halogens is 2. The van der Waals surface area contributed by atoms with E-state index in [4.69, 9.17) is 4.74 Å². The highest BCUT2D eigenvalue weighted by molar-refractivity contribution is 6.00. The highest BCUT2D eigenvalue weighted by atomic mass is 19.1. The maximum Gasteiger partial charge on any atom is 0.253 e. The monoisotopic (exact) mass is 559 g/mol. The van der Waals surface area contributed by atoms with E-state index in [0.717, 1.165) is 30.9 Å². The summed E-state index contributed by atoms with van der Waals surface area (Å²) < 4.78 is 33.7. The zero-order chi connectivity index (χ0) is 29.2. The van der Waals surface area contributed by atoms with E-state index in [9.17, 15) is 23.5 Å². The smallest absolute Gasteiger partial charge is 0.253 e. The van der Waals surface area contributed by atoms with Crippen LogP contribution in [-0.2, 0) is 11.2 Å². The molecular weight excluding hydrogens is 516 g/mol. The third kappa shape index (κ3) is 8.81. The number of aliphatic hydroxyl groups is 1. The number of nitrogens with one attached hydrogen (secondary N) is 2. The van der Waals surface area contributed by atoms with Gasteiger partial charge in [0.15, 0.2) is 0 Å². The lowest BCUT2D eigenvalue weighted by molar-refractivity contribution is 0.0514. The molecule has 2 aromatic rings. The first-order chi connectivity index (χ1) is 19.1. The highest BCUT2D eigenvalue weighted by Gasteiger charge is 2.35. The molecule has 1 heterocycles. The number of aryl methyl sites for hydroxylation is 1. The van der Waals surface area contributed by atoms with Gasteiger partial charge < -0.3 is 25.4 Å². The summed E-state index contributed by atoms with van der Waals surface area (Å²) >= 11 is 0. The SMILES string of the molecule is CCCO[C@H]1CN[C@@H]([C@@H](O)[C@H](Cc2cc(F)cc(F)c2)NC(=O)c2cc(C)cc(C(=O)N(CCC)CCC)c2)C1. The van der Waals surface area contributed by atoms with Gasteiger partial charge in [-0.15, -0.1) is 0 Å². The van der Waals surface area contributed by atoms with Gasteiger partial charge >= 0.3 is 0 Å². The number of carbonyl (C=O) groups excluding carboxylic acids is 2. The number of amides is 2. The Kier molecular flexibility index (Phi) is 12.0. The molecule has 2 aromatic carbocycles. The van der Waals surface area contributed by atoms with E-state index in [1.54, 1.807) is 23.1 Å². The summed E-state index contributed by atoms with van der Waals surface area (Å²) in [5, 5.41) is 17.5. The van der Waals surface area contributed by atoms with Crippen molar-refractivity contribution in [3.63, 3.8) is 0 Å². The molecule has 0 aromatic heterocycles. The summed E-state index contributed by atoms with van der Waals surface area (Å²) in [5.41, 5.74) is 1.77. The molecule has 4 atom stereocenters. The van der Waals surface area contributed by atoms with Gasteiger partial charge in [0.1, 0.15) is 11.6 Å². The van der Waals surface area contributed by atoms with Crippen LogP contribution in [0.3, 0.4) is 0 Å². The van der Waals surface area contributed by atoms with Crippen molar-refractivity contribution < 1.29 is 28.2 Å². The molecule has 9 heteroatoms. The third-order valence-corrected chi connectivity index (χ3v) is 7.06. The number of aliphatic hydroxyl groups excluding tert-OH is 1. The van der Waals surface area contributed by atoms with E-state index in [1.165, 1.54) is 12.1 Å². The first kappa shape index (κ1) is 31.6. The number of ether oxygens (including phenoxy) is 1. The first-order valence-corrected chi connectivity index (χ1v) is 14.3. The van der Waals surface area contributed by atoms with E-state index >= 15 is 0 Å². The predicted octanol–water partition coefficient (Wildman–Crippen LogP) is 4.39. The minimum atomic E-state index is -1.05. The Balaban J connectivity index is 1.85. The Morgan fingerprint density at radius 2 is 1.68 bits per heavy atom. The maximum absolute atomic E-state index is 14.0. The number of benzene rings is 2. The van der Waals surface area contributed by atoms with Gasteiger partial charge in [0.05, 0.1) is 18.2 Å². The molecule has 40 heavy (non-hydrogen) atoms. The molecule has 0 unspecified atom stereocenters. The van der Waals surface area contributed by atoms with Gasteiger partial charge in [-0.1, -0.05) is 20.8 Å². The molecule has 0 radical (unpaired) electrons. The molecule has 7 nitrogen and oxygen atoms in total. The van der Waals surface area contributed by atoms with Crippen LogP contribution in [0.2, 0.25) is 0 Å². The van der Waals surface area contributed by atoms with Crippen LogP contribution in [0.4, 0.5) is 8.78 Å². The average molecular weight is 560 g/mol. The maximum atomic E-state index is 14.0. The molecule has 220 valence electrons. The lowest BCUT2D eigenvalue weighted by Crippen LogP contribution is -2.52. The fourth-order valence-corrected chi connectivity index (χ4v) is 5.25. The molecule has 2 amide bonds. The van der Waals surface area contributed by atoms with Crippen LogP contribution >= 0.6 is 0 Å². The number of hydrogen-bond acceptors (Lipinski definition) is 5. The van der Waals surface area contributed by atoms with Crippen LogP contribution in [0.5, 0.6) is 0 Å². The van der Waals surface area contributed by atoms with Gasteiger partial charge in [0, 0.05) is 49.5 Å². The summed E-state index contributed by atoms with van der Waals surface area (Å²) in [6.07, 6.45) is 1.96. The molecule has 0 saturated carbocycles. The van der Waals surface area contributed by atoms with Crippen molar-refractivity contribution >= 4 is 11.8 Å². The molecule has 1 saturated heterocycles. The second kappa shape index (κ2) is 15.2. The Bertz CT molecular complexity index is 1120. The fourth-order valence-electron chi connectivity index (χ4n) is 5.25. The van der Waals surface area contributed by atoms with Crippen LogP contribution in [-0.4, -0.2) is 72.4 Å². The van der Waals surface area contributed by atoms with Gasteiger partial charge in [0.2, 0.25) is 0 Å². The zero-order valence-electron chi connectivity index (χ0n) is 24.0. The van der Waals surface area contributed by atoms with Gasteiger partial charge in [0.25, 0.3) is 11.8 Å². The van der Waals surface area contributed by atoms with Crippen LogP contribution in [0.25, 0.3) is 0 Å². The molecule has 1 aliphatic rings. The normalized spacial score (nSPS) is 18.4. The summed E-state index contributed by atoms with van der Waals surface area (Å²) in [6, 6.07) is 6.96. The van der Waals surface area contributed by atoms with E-state index in [2.05, 4.69) is 10.6 Å². The molecule has 0 aliphatic carbocycles. The minimum Gasteiger partial charge on any atom is -0.389 e. The van der Waals surface area contributed by atoms with E-state index in [1.807, 2.05) is 27.7 Å². The third-order valence-electron chi connectivity index (χ3n) is 7.06. The second-order valence-electron chi connectivity index (χ2n) is 10.7. The zero-order valence-corrected chi connectivity index (χ0v) is 24.0. The van der Waals surface area contributed by atoms with Gasteiger partial charge in [-0.3, -0.25) is 9.59 Å². The largest absolute Gasteiger partial charge is 0.389 e. The Morgan fingerprint density at radius 3 is 2.30 bits per heavy atom. The minimum absolute atomic E-state index is 0.0125. The first-order valence-electron chi connectivity index (χ1n) is 14.3. The molecule has 0 spiro atoms. The van der Waals surface area contributed by atoms with Gasteiger partial charge in [-0.2, -0.15) is 0 Å². The summed E-state index contributed by atoms with van der Waals surface area (Å²) in [4.78, 5) is 28.5. The Labute approximate surface area is 236 Å². The molecule has 1 aliphatic heterocycles. The topological polar surface area (TPSA) is 90.9 Å². The highest BCUT2D eigenvalue weighted by Crippen LogP contribution is 2.20. The van der Waals surface area contributed by atoms with Crippen molar-refractivity contribution in [3.05, 3.63) is 70.3 Å². The van der Waals surface area contributed by atoms with Crippen LogP contribution in [0.15, 0.2) is 36.4 Å². The van der Waals surface area contributed by atoms with E-state index in [0.29, 0.717) is 43.8 Å². The van der Waals surface area contributed by atoms with Gasteiger partial charge in [-0.05, 0) is 80.5 Å². The van der Waals surface area contributed by atoms with Crippen LogP contribution < -0.4 is 10.6 Å². The average Bonchev–Trinajstić information content (AvgIpc) is 3.38. The molecule has 1 fully saturated rings.